The van der Waals surface area contributed by atoms with Gasteiger partial charge in [0.2, 0.25) is 5.82 Å². The first-order valence-electron chi connectivity index (χ1n) is 4.42. The van der Waals surface area contributed by atoms with E-state index in [0.29, 0.717) is 0 Å². The molecule has 0 saturated carbocycles. The molecule has 17 heavy (non-hydrogen) atoms. The molecule has 0 aliphatic carbocycles. The lowest BCUT2D eigenvalue weighted by Gasteiger charge is -2.04. The van der Waals surface area contributed by atoms with Crippen LogP contribution in [0.1, 0.15) is 10.4 Å². The highest BCUT2D eigenvalue weighted by Crippen LogP contribution is 2.31. The zero-order chi connectivity index (χ0) is 12.6. The number of carbonyl (C=O) groups is 1. The Labute approximate surface area is 99.0 Å². The minimum absolute atomic E-state index is 0.0197. The lowest BCUT2D eigenvalue weighted by molar-refractivity contribution is -0.387. The molecule has 0 unspecified atom stereocenters. The Balaban J connectivity index is 2.99. The molecule has 0 fully saturated rings. The zero-order valence-corrected chi connectivity index (χ0v) is 8.94. The lowest BCUT2D eigenvalue weighted by Crippen LogP contribution is -1.99. The number of aromatic nitrogens is 1. The van der Waals surface area contributed by atoms with Crippen LogP contribution in [0.3, 0.4) is 0 Å². The summed E-state index contributed by atoms with van der Waals surface area (Å²) >= 11 is 5.74. The fourth-order valence-electron chi connectivity index (χ4n) is 1.52. The Morgan fingerprint density at radius 1 is 1.47 bits per heavy atom. The molecule has 0 atom stereocenters. The average Bonchev–Trinajstić information content (AvgIpc) is 2.28. The quantitative estimate of drug-likeness (QED) is 0.357. The highest BCUT2D eigenvalue weighted by atomic mass is 35.5. The first-order chi connectivity index (χ1) is 8.06. The molecular formula is C10H4ClFN2O3. The second kappa shape index (κ2) is 4.06. The van der Waals surface area contributed by atoms with E-state index in [0.717, 1.165) is 6.07 Å². The molecule has 1 heterocycles. The Morgan fingerprint density at radius 2 is 2.18 bits per heavy atom. The maximum atomic E-state index is 13.6. The van der Waals surface area contributed by atoms with Crippen LogP contribution in [-0.4, -0.2) is 16.2 Å². The standard InChI is InChI=1S/C10H4ClFN2O3/c11-10-6-3-8(14(16)17)9(12)7(4-15)5(6)1-2-13-10/h1-4H. The SMILES string of the molecule is O=Cc1c(F)c([N+](=O)[O-])cc2c(Cl)nccc12. The topological polar surface area (TPSA) is 73.1 Å². The molecule has 2 rings (SSSR count). The van der Waals surface area contributed by atoms with Crippen LogP contribution >= 0.6 is 11.6 Å². The smallest absolute Gasteiger partial charge is 0.298 e. The number of nitro benzene ring substituents is 1. The molecule has 1 aromatic carbocycles. The molecule has 2 aromatic rings. The number of hydrogen-bond acceptors (Lipinski definition) is 4. The van der Waals surface area contributed by atoms with Crippen LogP contribution in [0, 0.1) is 15.9 Å². The van der Waals surface area contributed by atoms with Crippen LogP contribution < -0.4 is 0 Å². The number of fused-ring (bicyclic) bond motifs is 1. The van der Waals surface area contributed by atoms with Gasteiger partial charge in [-0.2, -0.15) is 4.39 Å². The highest BCUT2D eigenvalue weighted by Gasteiger charge is 2.22. The fraction of sp³-hybridized carbons (Fsp3) is 0. The number of pyridine rings is 1. The molecule has 0 bridgehead atoms. The molecule has 0 aliphatic heterocycles. The van der Waals surface area contributed by atoms with E-state index in [-0.39, 0.29) is 22.2 Å². The van der Waals surface area contributed by atoms with E-state index in [9.17, 15) is 19.3 Å². The molecule has 0 N–H and O–H groups in total. The van der Waals surface area contributed by atoms with E-state index < -0.39 is 22.0 Å². The van der Waals surface area contributed by atoms with Gasteiger partial charge in [0.25, 0.3) is 0 Å². The van der Waals surface area contributed by atoms with Gasteiger partial charge in [0.15, 0.2) is 6.29 Å². The number of nitro groups is 1. The summed E-state index contributed by atoms with van der Waals surface area (Å²) in [6, 6.07) is 2.34. The Bertz CT molecular complexity index is 645. The van der Waals surface area contributed by atoms with Gasteiger partial charge in [-0.25, -0.2) is 4.98 Å². The van der Waals surface area contributed by atoms with Crippen molar-refractivity contribution < 1.29 is 14.1 Å². The average molecular weight is 255 g/mol. The van der Waals surface area contributed by atoms with Crippen molar-refractivity contribution in [2.75, 3.05) is 0 Å². The Hall–Kier alpha value is -2.08. The normalized spacial score (nSPS) is 10.5. The van der Waals surface area contributed by atoms with Crippen molar-refractivity contribution in [2.45, 2.75) is 0 Å². The maximum absolute atomic E-state index is 13.6. The second-order valence-electron chi connectivity index (χ2n) is 3.20. The summed E-state index contributed by atoms with van der Waals surface area (Å²) in [4.78, 5) is 24.2. The van der Waals surface area contributed by atoms with Gasteiger partial charge in [-0.05, 0) is 6.07 Å². The number of aldehydes is 1. The Kier molecular flexibility index (Phi) is 2.72. The number of nitrogens with zero attached hydrogens (tertiary/aromatic N) is 2. The summed E-state index contributed by atoms with van der Waals surface area (Å²) in [6.45, 7) is 0. The van der Waals surface area contributed by atoms with Gasteiger partial charge in [0.05, 0.1) is 10.5 Å². The first kappa shape index (κ1) is 11.4. The predicted octanol–water partition coefficient (Wildman–Crippen LogP) is 2.75. The van der Waals surface area contributed by atoms with E-state index in [1.54, 1.807) is 0 Å². The Morgan fingerprint density at radius 3 is 2.76 bits per heavy atom. The summed E-state index contributed by atoms with van der Waals surface area (Å²) in [5.41, 5.74) is -1.19. The van der Waals surface area contributed by atoms with Gasteiger partial charge < -0.3 is 0 Å². The van der Waals surface area contributed by atoms with E-state index in [2.05, 4.69) is 4.98 Å². The number of halogens is 2. The van der Waals surface area contributed by atoms with Gasteiger partial charge in [-0.1, -0.05) is 11.6 Å². The van der Waals surface area contributed by atoms with Crippen LogP contribution in [0.25, 0.3) is 10.8 Å². The van der Waals surface area contributed by atoms with Crippen LogP contribution in [0.4, 0.5) is 10.1 Å². The highest BCUT2D eigenvalue weighted by molar-refractivity contribution is 6.34. The molecule has 0 radical (unpaired) electrons. The van der Waals surface area contributed by atoms with Crippen LogP contribution in [0.2, 0.25) is 5.15 Å². The molecule has 1 aromatic heterocycles. The fourth-order valence-corrected chi connectivity index (χ4v) is 1.74. The van der Waals surface area contributed by atoms with Crippen LogP contribution in [0.15, 0.2) is 18.3 Å². The third kappa shape index (κ3) is 1.72. The molecular weight excluding hydrogens is 251 g/mol. The van der Waals surface area contributed by atoms with Gasteiger partial charge in [0, 0.05) is 23.0 Å². The van der Waals surface area contributed by atoms with Crippen molar-refractivity contribution in [3.63, 3.8) is 0 Å². The summed E-state index contributed by atoms with van der Waals surface area (Å²) in [7, 11) is 0. The summed E-state index contributed by atoms with van der Waals surface area (Å²) in [5.74, 6) is -1.17. The van der Waals surface area contributed by atoms with Crippen molar-refractivity contribution >= 4 is 34.3 Å². The summed E-state index contributed by atoms with van der Waals surface area (Å²) < 4.78 is 13.6. The van der Waals surface area contributed by atoms with Gasteiger partial charge in [0.1, 0.15) is 5.15 Å². The zero-order valence-electron chi connectivity index (χ0n) is 8.18. The van der Waals surface area contributed by atoms with Gasteiger partial charge >= 0.3 is 5.69 Å². The molecule has 86 valence electrons. The van der Waals surface area contributed by atoms with Gasteiger partial charge in [-0.15, -0.1) is 0 Å². The number of hydrogen-bond donors (Lipinski definition) is 0. The van der Waals surface area contributed by atoms with Crippen LogP contribution in [0.5, 0.6) is 0 Å². The van der Waals surface area contributed by atoms with Crippen molar-refractivity contribution in [1.82, 2.24) is 4.98 Å². The van der Waals surface area contributed by atoms with E-state index in [1.807, 2.05) is 0 Å². The van der Waals surface area contributed by atoms with Crippen molar-refractivity contribution in [2.24, 2.45) is 0 Å². The summed E-state index contributed by atoms with van der Waals surface area (Å²) in [5, 5.41) is 11.0. The maximum Gasteiger partial charge on any atom is 0.306 e. The minimum atomic E-state index is -1.17. The van der Waals surface area contributed by atoms with E-state index in [1.165, 1.54) is 12.3 Å². The number of benzene rings is 1. The summed E-state index contributed by atoms with van der Waals surface area (Å²) in [6.07, 6.45) is 1.52. The molecule has 0 aliphatic rings. The first-order valence-corrected chi connectivity index (χ1v) is 4.80. The minimum Gasteiger partial charge on any atom is -0.298 e. The van der Waals surface area contributed by atoms with E-state index in [4.69, 9.17) is 11.6 Å². The monoisotopic (exact) mass is 254 g/mol. The van der Waals surface area contributed by atoms with Crippen molar-refractivity contribution in [1.29, 1.82) is 0 Å². The van der Waals surface area contributed by atoms with Gasteiger partial charge in [-0.3, -0.25) is 14.9 Å². The third-order valence-electron chi connectivity index (χ3n) is 2.29. The molecule has 0 spiro atoms. The predicted molar refractivity (Wildman–Crippen MR) is 58.8 cm³/mol. The lowest BCUT2D eigenvalue weighted by atomic mass is 10.1. The second-order valence-corrected chi connectivity index (χ2v) is 3.55. The van der Waals surface area contributed by atoms with Crippen molar-refractivity contribution in [3.8, 4) is 0 Å². The van der Waals surface area contributed by atoms with E-state index >= 15 is 0 Å². The van der Waals surface area contributed by atoms with Crippen molar-refractivity contribution in [3.05, 3.63) is 45.0 Å². The molecule has 5 nitrogen and oxygen atoms in total. The molecule has 7 heteroatoms. The van der Waals surface area contributed by atoms with Crippen LogP contribution in [-0.2, 0) is 0 Å². The third-order valence-corrected chi connectivity index (χ3v) is 2.59. The largest absolute Gasteiger partial charge is 0.306 e. The molecule has 0 saturated heterocycles. The molecule has 0 amide bonds. The number of rotatable bonds is 2. The number of carbonyl (C=O) groups excluding carboxylic acids is 1.